The molecule has 2 heterocycles. The molecule has 1 saturated heterocycles. The van der Waals surface area contributed by atoms with Crippen molar-refractivity contribution in [1.29, 1.82) is 0 Å². The van der Waals surface area contributed by atoms with Crippen LogP contribution in [0.4, 0.5) is 0 Å². The molecule has 3 atom stereocenters. The summed E-state index contributed by atoms with van der Waals surface area (Å²) in [6.45, 7) is 4.91. The van der Waals surface area contributed by atoms with Crippen LogP contribution in [-0.2, 0) is 4.79 Å². The number of carboxylic acid groups (broad SMARTS) is 1. The van der Waals surface area contributed by atoms with E-state index in [-0.39, 0.29) is 18.0 Å². The lowest BCUT2D eigenvalue weighted by atomic mass is 10.0. The number of nitrogens with zero attached hydrogens (tertiary/aromatic N) is 2. The molecule has 1 aromatic rings. The first-order valence-electron chi connectivity index (χ1n) is 6.00. The molecule has 0 aliphatic carbocycles. The lowest BCUT2D eigenvalue weighted by Crippen LogP contribution is -2.35. The molecule has 0 bridgehead atoms. The fourth-order valence-corrected chi connectivity index (χ4v) is 2.63. The van der Waals surface area contributed by atoms with Gasteiger partial charge in [0.15, 0.2) is 0 Å². The fourth-order valence-electron chi connectivity index (χ4n) is 2.63. The zero-order chi connectivity index (χ0) is 12.4. The molecule has 1 fully saturated rings. The van der Waals surface area contributed by atoms with Gasteiger partial charge in [-0.15, -0.1) is 0 Å². The molecule has 1 aliphatic heterocycles. The summed E-state index contributed by atoms with van der Waals surface area (Å²) in [7, 11) is 0. The third-order valence-electron chi connectivity index (χ3n) is 3.73. The second kappa shape index (κ2) is 4.84. The largest absolute Gasteiger partial charge is 0.481 e. The molecular weight excluding hydrogens is 216 g/mol. The van der Waals surface area contributed by atoms with Crippen LogP contribution in [0.2, 0.25) is 0 Å². The van der Waals surface area contributed by atoms with Crippen molar-refractivity contribution in [3.8, 4) is 0 Å². The van der Waals surface area contributed by atoms with Gasteiger partial charge in [-0.05, 0) is 38.9 Å². The normalized spacial score (nSPS) is 26.9. The van der Waals surface area contributed by atoms with Crippen molar-refractivity contribution in [2.24, 2.45) is 5.92 Å². The molecule has 0 spiro atoms. The maximum Gasteiger partial charge on any atom is 0.308 e. The maximum atomic E-state index is 11.1. The van der Waals surface area contributed by atoms with Crippen LogP contribution in [-0.4, -0.2) is 33.5 Å². The standard InChI is InChI=1S/C13H18N2O2/c1-9-11(13(16)17)6-8-15(9)10(2)12-5-3-4-7-14-12/h3-5,7,9-11H,6,8H2,1-2H3,(H,16,17). The predicted octanol–water partition coefficient (Wildman–Crippen LogP) is 1.94. The smallest absolute Gasteiger partial charge is 0.308 e. The summed E-state index contributed by atoms with van der Waals surface area (Å²) < 4.78 is 0. The van der Waals surface area contributed by atoms with Crippen molar-refractivity contribution in [1.82, 2.24) is 9.88 Å². The Bertz CT molecular complexity index is 394. The summed E-state index contributed by atoms with van der Waals surface area (Å²) in [5.74, 6) is -0.936. The Hall–Kier alpha value is -1.42. The highest BCUT2D eigenvalue weighted by atomic mass is 16.4. The first kappa shape index (κ1) is 12.0. The zero-order valence-corrected chi connectivity index (χ0v) is 10.2. The first-order valence-corrected chi connectivity index (χ1v) is 6.00. The van der Waals surface area contributed by atoms with Crippen LogP contribution >= 0.6 is 0 Å². The van der Waals surface area contributed by atoms with Gasteiger partial charge >= 0.3 is 5.97 Å². The molecule has 0 radical (unpaired) electrons. The highest BCUT2D eigenvalue weighted by Crippen LogP contribution is 2.31. The van der Waals surface area contributed by atoms with Crippen molar-refractivity contribution in [2.45, 2.75) is 32.4 Å². The Morgan fingerprint density at radius 2 is 2.35 bits per heavy atom. The lowest BCUT2D eigenvalue weighted by Gasteiger charge is -2.29. The molecule has 0 saturated carbocycles. The quantitative estimate of drug-likeness (QED) is 0.868. The van der Waals surface area contributed by atoms with Crippen LogP contribution in [0.1, 0.15) is 32.0 Å². The van der Waals surface area contributed by atoms with E-state index in [1.54, 1.807) is 6.20 Å². The van der Waals surface area contributed by atoms with Crippen molar-refractivity contribution in [2.75, 3.05) is 6.54 Å². The van der Waals surface area contributed by atoms with Gasteiger partial charge in [0.1, 0.15) is 0 Å². The average Bonchev–Trinajstić information content (AvgIpc) is 2.71. The van der Waals surface area contributed by atoms with Crippen LogP contribution < -0.4 is 0 Å². The lowest BCUT2D eigenvalue weighted by molar-refractivity contribution is -0.142. The Morgan fingerprint density at radius 3 is 2.88 bits per heavy atom. The minimum absolute atomic E-state index is 0.0736. The molecule has 4 nitrogen and oxygen atoms in total. The molecule has 4 heteroatoms. The summed E-state index contributed by atoms with van der Waals surface area (Å²) in [4.78, 5) is 17.6. The minimum Gasteiger partial charge on any atom is -0.481 e. The molecule has 0 aromatic carbocycles. The molecule has 0 amide bonds. The van der Waals surface area contributed by atoms with Crippen molar-refractivity contribution < 1.29 is 9.90 Å². The van der Waals surface area contributed by atoms with E-state index in [4.69, 9.17) is 5.11 Å². The second-order valence-corrected chi connectivity index (χ2v) is 4.64. The number of pyridine rings is 1. The highest BCUT2D eigenvalue weighted by Gasteiger charge is 2.38. The van der Waals surface area contributed by atoms with Gasteiger partial charge in [-0.2, -0.15) is 0 Å². The monoisotopic (exact) mass is 234 g/mol. The highest BCUT2D eigenvalue weighted by molar-refractivity contribution is 5.71. The molecule has 92 valence electrons. The Labute approximate surface area is 101 Å². The third kappa shape index (κ3) is 2.31. The number of carbonyl (C=O) groups is 1. The van der Waals surface area contributed by atoms with Gasteiger partial charge in [0.25, 0.3) is 0 Å². The summed E-state index contributed by atoms with van der Waals surface area (Å²) in [6, 6.07) is 6.10. The van der Waals surface area contributed by atoms with E-state index in [9.17, 15) is 4.79 Å². The van der Waals surface area contributed by atoms with E-state index in [1.807, 2.05) is 25.1 Å². The van der Waals surface area contributed by atoms with E-state index < -0.39 is 5.97 Å². The SMILES string of the molecule is CC(c1ccccn1)N1CCC(C(=O)O)C1C. The first-order chi connectivity index (χ1) is 8.11. The number of likely N-dealkylation sites (tertiary alicyclic amines) is 1. The van der Waals surface area contributed by atoms with E-state index in [2.05, 4.69) is 16.8 Å². The van der Waals surface area contributed by atoms with Gasteiger partial charge in [-0.1, -0.05) is 6.07 Å². The number of aliphatic carboxylic acids is 1. The van der Waals surface area contributed by atoms with E-state index in [1.165, 1.54) is 0 Å². The third-order valence-corrected chi connectivity index (χ3v) is 3.73. The summed E-state index contributed by atoms with van der Waals surface area (Å²) in [5.41, 5.74) is 1.00. The molecular formula is C13H18N2O2. The van der Waals surface area contributed by atoms with E-state index >= 15 is 0 Å². The molecule has 1 aliphatic rings. The predicted molar refractivity (Wildman–Crippen MR) is 64.6 cm³/mol. The summed E-state index contributed by atoms with van der Waals surface area (Å²) in [6.07, 6.45) is 2.51. The van der Waals surface area contributed by atoms with Crippen LogP contribution in [0.15, 0.2) is 24.4 Å². The van der Waals surface area contributed by atoms with Gasteiger partial charge in [-0.3, -0.25) is 14.7 Å². The fraction of sp³-hybridized carbons (Fsp3) is 0.538. The van der Waals surface area contributed by atoms with Crippen LogP contribution in [0.5, 0.6) is 0 Å². The molecule has 1 aromatic heterocycles. The Morgan fingerprint density at radius 1 is 1.59 bits per heavy atom. The van der Waals surface area contributed by atoms with Gasteiger partial charge in [0.05, 0.1) is 11.6 Å². The average molecular weight is 234 g/mol. The topological polar surface area (TPSA) is 53.4 Å². The van der Waals surface area contributed by atoms with Crippen LogP contribution in [0.25, 0.3) is 0 Å². The number of hydrogen-bond donors (Lipinski definition) is 1. The Kier molecular flexibility index (Phi) is 3.43. The number of carboxylic acids is 1. The van der Waals surface area contributed by atoms with E-state index in [0.717, 1.165) is 18.7 Å². The molecule has 17 heavy (non-hydrogen) atoms. The molecule has 2 rings (SSSR count). The zero-order valence-electron chi connectivity index (χ0n) is 10.2. The summed E-state index contributed by atoms with van der Waals surface area (Å²) in [5, 5.41) is 9.11. The number of rotatable bonds is 3. The second-order valence-electron chi connectivity index (χ2n) is 4.64. The number of hydrogen-bond acceptors (Lipinski definition) is 3. The minimum atomic E-state index is -0.687. The van der Waals surface area contributed by atoms with Crippen molar-refractivity contribution in [3.63, 3.8) is 0 Å². The Balaban J connectivity index is 2.12. The molecule has 1 N–H and O–H groups in total. The molecule has 3 unspecified atom stereocenters. The van der Waals surface area contributed by atoms with Gasteiger partial charge in [0.2, 0.25) is 0 Å². The van der Waals surface area contributed by atoms with E-state index in [0.29, 0.717) is 0 Å². The van der Waals surface area contributed by atoms with Gasteiger partial charge in [0, 0.05) is 18.3 Å². The van der Waals surface area contributed by atoms with Crippen LogP contribution in [0.3, 0.4) is 0 Å². The number of aromatic nitrogens is 1. The van der Waals surface area contributed by atoms with Crippen LogP contribution in [0, 0.1) is 5.92 Å². The maximum absolute atomic E-state index is 11.1. The van der Waals surface area contributed by atoms with Crippen molar-refractivity contribution in [3.05, 3.63) is 30.1 Å². The summed E-state index contributed by atoms with van der Waals surface area (Å²) >= 11 is 0. The van der Waals surface area contributed by atoms with Crippen molar-refractivity contribution >= 4 is 5.97 Å². The van der Waals surface area contributed by atoms with Gasteiger partial charge in [-0.25, -0.2) is 0 Å². The van der Waals surface area contributed by atoms with Gasteiger partial charge < -0.3 is 5.11 Å².